The van der Waals surface area contributed by atoms with Crippen LogP contribution in [0.5, 0.6) is 0 Å². The lowest BCUT2D eigenvalue weighted by molar-refractivity contribution is 0.0706. The van der Waals surface area contributed by atoms with Gasteiger partial charge in [-0.1, -0.05) is 119 Å². The molecule has 0 aliphatic carbocycles. The van der Waals surface area contributed by atoms with E-state index in [2.05, 4.69) is 15.9 Å². The summed E-state index contributed by atoms with van der Waals surface area (Å²) < 4.78 is 17.8. The second-order valence-corrected chi connectivity index (χ2v) is 12.3. The summed E-state index contributed by atoms with van der Waals surface area (Å²) in [6, 6.07) is 0.972. The van der Waals surface area contributed by atoms with Gasteiger partial charge in [0, 0.05) is 31.2 Å². The molecule has 0 spiro atoms. The molecule has 0 saturated carbocycles. The zero-order valence-corrected chi connectivity index (χ0v) is 24.0. The van der Waals surface area contributed by atoms with Gasteiger partial charge in [-0.2, -0.15) is 0 Å². The minimum absolute atomic E-state index is 0.685. The molecule has 31 heavy (non-hydrogen) atoms. The van der Waals surface area contributed by atoms with E-state index in [9.17, 15) is 0 Å². The Balaban J connectivity index is 3.39. The van der Waals surface area contributed by atoms with Gasteiger partial charge in [0.1, 0.15) is 0 Å². The third kappa shape index (κ3) is 20.9. The van der Waals surface area contributed by atoms with E-state index in [1.807, 2.05) is 20.8 Å². The van der Waals surface area contributed by atoms with E-state index in [0.717, 1.165) is 6.04 Å². The summed E-state index contributed by atoms with van der Waals surface area (Å²) in [4.78, 5) is 0. The van der Waals surface area contributed by atoms with Crippen LogP contribution in [-0.4, -0.2) is 34.0 Å². The van der Waals surface area contributed by atoms with Crippen molar-refractivity contribution in [3.05, 3.63) is 0 Å². The summed E-state index contributed by atoms with van der Waals surface area (Å²) >= 11 is 3.51. The van der Waals surface area contributed by atoms with Gasteiger partial charge in [0.05, 0.1) is 0 Å². The average Bonchev–Trinajstić information content (AvgIpc) is 2.76. The van der Waals surface area contributed by atoms with Crippen LogP contribution in [0, 0.1) is 0 Å². The molecule has 3 nitrogen and oxygen atoms in total. The molecule has 5 heteroatoms. The van der Waals surface area contributed by atoms with Gasteiger partial charge in [0.2, 0.25) is 0 Å². The molecule has 0 unspecified atom stereocenters. The maximum atomic E-state index is 5.94. The molecule has 188 valence electrons. The molecule has 0 aromatic carbocycles. The van der Waals surface area contributed by atoms with Crippen molar-refractivity contribution in [3.8, 4) is 0 Å². The first kappa shape index (κ1) is 31.6. The van der Waals surface area contributed by atoms with E-state index in [-0.39, 0.29) is 0 Å². The number of halogens is 1. The van der Waals surface area contributed by atoms with E-state index in [0.29, 0.717) is 19.8 Å². The van der Waals surface area contributed by atoms with Crippen LogP contribution in [0.1, 0.15) is 136 Å². The van der Waals surface area contributed by atoms with Crippen molar-refractivity contribution < 1.29 is 13.3 Å². The van der Waals surface area contributed by atoms with Crippen molar-refractivity contribution >= 4 is 24.7 Å². The van der Waals surface area contributed by atoms with E-state index in [1.165, 1.54) is 121 Å². The summed E-state index contributed by atoms with van der Waals surface area (Å²) in [5.74, 6) is 0. The molecule has 0 aromatic rings. The molecule has 0 aliphatic rings. The monoisotopic (exact) mass is 522 g/mol. The summed E-state index contributed by atoms with van der Waals surface area (Å²) in [6.07, 6.45) is 25.2. The van der Waals surface area contributed by atoms with Gasteiger partial charge in [-0.25, -0.2) is 0 Å². The van der Waals surface area contributed by atoms with E-state index in [1.54, 1.807) is 0 Å². The number of rotatable bonds is 26. The SMILES string of the molecule is CCO[Si](CCCCCCCCCCCCCCCCCCCCBr)(OCC)OCC. The molecule has 0 heterocycles. The van der Waals surface area contributed by atoms with Gasteiger partial charge in [-0.3, -0.25) is 0 Å². The molecule has 0 rings (SSSR count). The highest BCUT2D eigenvalue weighted by atomic mass is 79.9. The molecule has 0 fully saturated rings. The molecule has 0 atom stereocenters. The number of hydrogen-bond acceptors (Lipinski definition) is 3. The summed E-state index contributed by atoms with van der Waals surface area (Å²) in [7, 11) is -2.41. The molecule has 0 aliphatic heterocycles. The topological polar surface area (TPSA) is 27.7 Å². The first-order valence-corrected chi connectivity index (χ1v) is 16.8. The second kappa shape index (κ2) is 25.2. The Bertz CT molecular complexity index is 328. The summed E-state index contributed by atoms with van der Waals surface area (Å²) in [5, 5.41) is 1.17. The van der Waals surface area contributed by atoms with Crippen molar-refractivity contribution in [2.24, 2.45) is 0 Å². The molecule has 0 bridgehead atoms. The lowest BCUT2D eigenvalue weighted by atomic mass is 10.0. The summed E-state index contributed by atoms with van der Waals surface area (Å²) in [6.45, 7) is 8.16. The zero-order valence-electron chi connectivity index (χ0n) is 21.4. The Labute approximate surface area is 205 Å². The number of hydrogen-bond donors (Lipinski definition) is 0. The third-order valence-corrected chi connectivity index (χ3v) is 9.67. The molecule has 0 amide bonds. The van der Waals surface area contributed by atoms with Crippen molar-refractivity contribution in [1.82, 2.24) is 0 Å². The second-order valence-electron chi connectivity index (χ2n) is 8.78. The Morgan fingerprint density at radius 3 is 0.935 bits per heavy atom. The van der Waals surface area contributed by atoms with Gasteiger partial charge in [0.15, 0.2) is 0 Å². The smallest absolute Gasteiger partial charge is 0.374 e. The van der Waals surface area contributed by atoms with E-state index >= 15 is 0 Å². The molecule has 0 N–H and O–H groups in total. The van der Waals surface area contributed by atoms with Crippen LogP contribution < -0.4 is 0 Å². The minimum atomic E-state index is -2.41. The first-order chi connectivity index (χ1) is 15.2. The van der Waals surface area contributed by atoms with Crippen molar-refractivity contribution in [2.45, 2.75) is 142 Å². The first-order valence-electron chi connectivity index (χ1n) is 13.7. The van der Waals surface area contributed by atoms with Crippen LogP contribution in [-0.2, 0) is 13.3 Å². The zero-order chi connectivity index (χ0) is 22.9. The Hall–Kier alpha value is 0.577. The van der Waals surface area contributed by atoms with Gasteiger partial charge in [-0.15, -0.1) is 0 Å². The molecular formula is C26H55BrO3Si. The molecular weight excluding hydrogens is 468 g/mol. The molecule has 0 aromatic heterocycles. The minimum Gasteiger partial charge on any atom is -0.374 e. The predicted octanol–water partition coefficient (Wildman–Crippen LogP) is 9.45. The predicted molar refractivity (Wildman–Crippen MR) is 142 cm³/mol. The number of alkyl halides is 1. The van der Waals surface area contributed by atoms with Gasteiger partial charge < -0.3 is 13.3 Å². The van der Waals surface area contributed by atoms with Crippen LogP contribution in [0.4, 0.5) is 0 Å². The normalized spacial score (nSPS) is 12.0. The highest BCUT2D eigenvalue weighted by Gasteiger charge is 2.39. The molecule has 0 radical (unpaired) electrons. The van der Waals surface area contributed by atoms with Crippen molar-refractivity contribution in [2.75, 3.05) is 25.2 Å². The van der Waals surface area contributed by atoms with Gasteiger partial charge in [-0.05, 0) is 33.6 Å². The quantitative estimate of drug-likeness (QED) is 0.0642. The standard InChI is InChI=1S/C26H55BrO3Si/c1-4-28-31(29-5-2,30-6-3)26-24-22-20-18-16-14-12-10-8-7-9-11-13-15-17-19-21-23-25-27/h4-26H2,1-3H3. The largest absolute Gasteiger partial charge is 0.500 e. The lowest BCUT2D eigenvalue weighted by Gasteiger charge is -2.28. The number of unbranched alkanes of at least 4 members (excludes halogenated alkanes) is 17. The van der Waals surface area contributed by atoms with Gasteiger partial charge >= 0.3 is 8.80 Å². The fraction of sp³-hybridized carbons (Fsp3) is 1.00. The van der Waals surface area contributed by atoms with E-state index < -0.39 is 8.80 Å². The van der Waals surface area contributed by atoms with Crippen LogP contribution in [0.15, 0.2) is 0 Å². The van der Waals surface area contributed by atoms with Crippen LogP contribution >= 0.6 is 15.9 Å². The Morgan fingerprint density at radius 2 is 0.677 bits per heavy atom. The van der Waals surface area contributed by atoms with Crippen molar-refractivity contribution in [3.63, 3.8) is 0 Å². The van der Waals surface area contributed by atoms with E-state index in [4.69, 9.17) is 13.3 Å². The van der Waals surface area contributed by atoms with Crippen molar-refractivity contribution in [1.29, 1.82) is 0 Å². The highest BCUT2D eigenvalue weighted by Crippen LogP contribution is 2.21. The third-order valence-electron chi connectivity index (χ3n) is 5.96. The van der Waals surface area contributed by atoms with Crippen LogP contribution in [0.25, 0.3) is 0 Å². The Kier molecular flexibility index (Phi) is 25.7. The molecule has 0 saturated heterocycles. The van der Waals surface area contributed by atoms with Crippen LogP contribution in [0.3, 0.4) is 0 Å². The maximum Gasteiger partial charge on any atom is 0.500 e. The Morgan fingerprint density at radius 1 is 0.419 bits per heavy atom. The highest BCUT2D eigenvalue weighted by molar-refractivity contribution is 9.09. The maximum absolute atomic E-state index is 5.94. The fourth-order valence-electron chi connectivity index (χ4n) is 4.27. The van der Waals surface area contributed by atoms with Gasteiger partial charge in [0.25, 0.3) is 0 Å². The van der Waals surface area contributed by atoms with Crippen LogP contribution in [0.2, 0.25) is 6.04 Å². The summed E-state index contributed by atoms with van der Waals surface area (Å²) in [5.41, 5.74) is 0. The average molecular weight is 524 g/mol. The fourth-order valence-corrected chi connectivity index (χ4v) is 7.35. The lowest BCUT2D eigenvalue weighted by Crippen LogP contribution is -2.45.